The summed E-state index contributed by atoms with van der Waals surface area (Å²) < 4.78 is 0. The van der Waals surface area contributed by atoms with Gasteiger partial charge in [0.1, 0.15) is 22.8 Å². The molecule has 2 aromatic rings. The van der Waals surface area contributed by atoms with Crippen LogP contribution in [-0.4, -0.2) is 79.7 Å². The molecule has 2 aromatic carbocycles. The molecule has 10 heteroatoms. The number of phenolic OH excluding ortho intramolecular Hbond substituents is 1. The van der Waals surface area contributed by atoms with Gasteiger partial charge in [0.05, 0.1) is 23.6 Å². The molecule has 1 saturated carbocycles. The number of Topliss-reactive ketones (excluding diaryl/α,β-unsaturated/α-hetero) is 2. The van der Waals surface area contributed by atoms with Crippen molar-refractivity contribution in [3.63, 3.8) is 0 Å². The molecule has 10 nitrogen and oxygen atoms in total. The van der Waals surface area contributed by atoms with Crippen LogP contribution in [0.1, 0.15) is 33.7 Å². The van der Waals surface area contributed by atoms with Crippen molar-refractivity contribution in [1.82, 2.24) is 4.90 Å². The number of hydrogen-bond donors (Lipinski definition) is 6. The largest absolute Gasteiger partial charge is 0.508 e. The first-order valence-electron chi connectivity index (χ1n) is 12.9. The van der Waals surface area contributed by atoms with Crippen molar-refractivity contribution in [2.24, 2.45) is 17.6 Å². The number of aliphatic hydroxyl groups excluding tert-OH is 3. The number of nitrogens with two attached hydrogens (primary N) is 1. The zero-order valence-electron chi connectivity index (χ0n) is 22.5. The summed E-state index contributed by atoms with van der Waals surface area (Å²) in [5.41, 5.74) is 4.49. The number of benzene rings is 2. The third-order valence-electron chi connectivity index (χ3n) is 8.82. The molecule has 0 spiro atoms. The summed E-state index contributed by atoms with van der Waals surface area (Å²) >= 11 is 0. The zero-order valence-corrected chi connectivity index (χ0v) is 22.5. The van der Waals surface area contributed by atoms with E-state index in [1.807, 2.05) is 32.0 Å². The van der Waals surface area contributed by atoms with E-state index < -0.39 is 75.6 Å². The first-order chi connectivity index (χ1) is 18.7. The topological polar surface area (TPSA) is 182 Å². The van der Waals surface area contributed by atoms with Gasteiger partial charge in [-0.05, 0) is 68.6 Å². The van der Waals surface area contributed by atoms with E-state index in [0.29, 0.717) is 5.56 Å². The van der Waals surface area contributed by atoms with E-state index in [-0.39, 0.29) is 17.7 Å². The van der Waals surface area contributed by atoms with Gasteiger partial charge in [-0.2, -0.15) is 0 Å². The molecular weight excluding hydrogens is 516 g/mol. The molecule has 6 atom stereocenters. The van der Waals surface area contributed by atoms with Crippen molar-refractivity contribution >= 4 is 23.2 Å². The molecule has 1 fully saturated rings. The van der Waals surface area contributed by atoms with Gasteiger partial charge in [-0.25, -0.2) is 0 Å². The van der Waals surface area contributed by atoms with Crippen LogP contribution in [0.3, 0.4) is 0 Å². The van der Waals surface area contributed by atoms with E-state index in [1.165, 1.54) is 25.1 Å². The molecule has 40 heavy (non-hydrogen) atoms. The van der Waals surface area contributed by atoms with Crippen LogP contribution in [0.25, 0.3) is 5.76 Å². The summed E-state index contributed by atoms with van der Waals surface area (Å²) in [6.45, 7) is 3.93. The predicted octanol–water partition coefficient (Wildman–Crippen LogP) is 1.34. The van der Waals surface area contributed by atoms with Crippen LogP contribution in [0, 0.1) is 25.7 Å². The number of amides is 1. The summed E-state index contributed by atoms with van der Waals surface area (Å²) in [5.74, 6) is -9.11. The number of aromatic hydroxyl groups is 1. The number of ketones is 2. The van der Waals surface area contributed by atoms with E-state index in [0.717, 1.165) is 16.7 Å². The van der Waals surface area contributed by atoms with Crippen LogP contribution in [0.15, 0.2) is 53.3 Å². The number of carbonyl (C=O) groups is 3. The Morgan fingerprint density at radius 1 is 1.05 bits per heavy atom. The molecular formula is C30H32N2O8. The third-order valence-corrected chi connectivity index (χ3v) is 8.82. The van der Waals surface area contributed by atoms with Gasteiger partial charge in [0.2, 0.25) is 5.78 Å². The monoisotopic (exact) mass is 548 g/mol. The number of fused-ring (bicyclic) bond motifs is 3. The maximum atomic E-state index is 14.2. The lowest BCUT2D eigenvalue weighted by Crippen LogP contribution is -2.70. The minimum atomic E-state index is -2.95. The van der Waals surface area contributed by atoms with E-state index >= 15 is 0 Å². The molecule has 0 radical (unpaired) electrons. The lowest BCUT2D eigenvalue weighted by atomic mass is 9.53. The second-order valence-electron chi connectivity index (χ2n) is 11.2. The molecule has 0 aliphatic heterocycles. The average Bonchev–Trinajstić information content (AvgIpc) is 2.87. The van der Waals surface area contributed by atoms with Crippen LogP contribution >= 0.6 is 0 Å². The molecule has 0 heterocycles. The van der Waals surface area contributed by atoms with E-state index in [2.05, 4.69) is 0 Å². The molecule has 6 unspecified atom stereocenters. The first kappa shape index (κ1) is 27.6. The van der Waals surface area contributed by atoms with E-state index in [4.69, 9.17) is 5.73 Å². The first-order valence-corrected chi connectivity index (χ1v) is 12.9. The van der Waals surface area contributed by atoms with Crippen LogP contribution < -0.4 is 5.73 Å². The predicted molar refractivity (Wildman–Crippen MR) is 144 cm³/mol. The normalized spacial score (nSPS) is 29.8. The number of carbonyl (C=O) groups excluding carboxylic acids is 3. The smallest absolute Gasteiger partial charge is 0.255 e. The Morgan fingerprint density at radius 2 is 1.73 bits per heavy atom. The minimum Gasteiger partial charge on any atom is -0.508 e. The highest BCUT2D eigenvalue weighted by atomic mass is 16.4. The number of nitrogens with zero attached hydrogens (tertiary/aromatic N) is 1. The molecule has 0 bridgehead atoms. The number of rotatable bonds is 4. The number of aryl methyl sites for hydroxylation is 2. The van der Waals surface area contributed by atoms with Gasteiger partial charge in [-0.1, -0.05) is 30.3 Å². The summed E-state index contributed by atoms with van der Waals surface area (Å²) in [7, 11) is 2.95. The standard InChI is InChI=1S/C30H32N2O8/c1-12-8-9-14(10-13(12)2)11-16-15-6-5-7-17(33)18(15)24(34)20-19(16)25(35)22-23(32(3)4)26(36)21(29(31)39)28(38)30(22,40)27(20)37/h5-10,16,19,22-23,25,33-35,38,40H,11H2,1-4H3,(H2,31,39). The zero-order chi connectivity index (χ0) is 29.4. The molecule has 3 aliphatic carbocycles. The number of hydrogen-bond acceptors (Lipinski definition) is 9. The van der Waals surface area contributed by atoms with Crippen LogP contribution in [0.2, 0.25) is 0 Å². The minimum absolute atomic E-state index is 0.0279. The average molecular weight is 549 g/mol. The quantitative estimate of drug-likeness (QED) is 0.307. The van der Waals surface area contributed by atoms with Gasteiger partial charge in [-0.15, -0.1) is 0 Å². The van der Waals surface area contributed by atoms with Crippen molar-refractivity contribution < 1.29 is 39.9 Å². The summed E-state index contributed by atoms with van der Waals surface area (Å²) in [5, 5.41) is 57.0. The number of aliphatic hydroxyl groups is 4. The molecule has 5 rings (SSSR count). The lowest BCUT2D eigenvalue weighted by Gasteiger charge is -2.54. The van der Waals surface area contributed by atoms with Gasteiger partial charge in [-0.3, -0.25) is 19.3 Å². The molecule has 0 saturated heterocycles. The van der Waals surface area contributed by atoms with E-state index in [1.54, 1.807) is 12.1 Å². The van der Waals surface area contributed by atoms with Gasteiger partial charge in [0.25, 0.3) is 5.91 Å². The van der Waals surface area contributed by atoms with E-state index in [9.17, 15) is 39.9 Å². The van der Waals surface area contributed by atoms with Crippen LogP contribution in [0.5, 0.6) is 5.75 Å². The fourth-order valence-electron chi connectivity index (χ4n) is 6.82. The highest BCUT2D eigenvalue weighted by Crippen LogP contribution is 2.56. The number of phenols is 1. The van der Waals surface area contributed by atoms with Gasteiger partial charge >= 0.3 is 0 Å². The second-order valence-corrected chi connectivity index (χ2v) is 11.2. The second kappa shape index (κ2) is 9.29. The number of likely N-dealkylation sites (N-methyl/N-ethyl adjacent to an activating group) is 1. The Bertz CT molecular complexity index is 1540. The van der Waals surface area contributed by atoms with Crippen molar-refractivity contribution in [3.8, 4) is 5.75 Å². The molecule has 0 aromatic heterocycles. The lowest BCUT2D eigenvalue weighted by molar-refractivity contribution is -0.169. The Kier molecular flexibility index (Phi) is 6.41. The van der Waals surface area contributed by atoms with Crippen LogP contribution in [-0.2, 0) is 20.8 Å². The molecule has 7 N–H and O–H groups in total. The highest BCUT2D eigenvalue weighted by Gasteiger charge is 2.68. The van der Waals surface area contributed by atoms with Crippen molar-refractivity contribution in [2.75, 3.05) is 14.1 Å². The Hall–Kier alpha value is -3.99. The Morgan fingerprint density at radius 3 is 2.33 bits per heavy atom. The van der Waals surface area contributed by atoms with Crippen molar-refractivity contribution in [3.05, 3.63) is 81.1 Å². The Labute approximate surface area is 230 Å². The molecule has 1 amide bonds. The SMILES string of the molecule is Cc1ccc(CC2c3cccc(O)c3C(O)=C3C(=O)C4(O)C(O)=C(C(N)=O)C(=O)C(N(C)C)C4C(O)C32)cc1C. The van der Waals surface area contributed by atoms with Gasteiger partial charge in [0.15, 0.2) is 11.4 Å². The maximum Gasteiger partial charge on any atom is 0.255 e. The summed E-state index contributed by atoms with van der Waals surface area (Å²) in [6, 6.07) is 9.05. The highest BCUT2D eigenvalue weighted by molar-refractivity contribution is 6.24. The Balaban J connectivity index is 1.79. The molecule has 3 aliphatic rings. The van der Waals surface area contributed by atoms with Crippen molar-refractivity contribution in [1.29, 1.82) is 0 Å². The summed E-state index contributed by atoms with van der Waals surface area (Å²) in [6.07, 6.45) is -1.37. The maximum absolute atomic E-state index is 14.2. The third kappa shape index (κ3) is 3.63. The van der Waals surface area contributed by atoms with Gasteiger partial charge < -0.3 is 31.3 Å². The number of primary amides is 1. The molecule has 210 valence electrons. The van der Waals surface area contributed by atoms with Crippen LogP contribution in [0.4, 0.5) is 0 Å². The van der Waals surface area contributed by atoms with Gasteiger partial charge in [0, 0.05) is 11.5 Å². The fourth-order valence-corrected chi connectivity index (χ4v) is 6.82. The van der Waals surface area contributed by atoms with Crippen molar-refractivity contribution in [2.45, 2.75) is 43.9 Å². The fraction of sp³-hybridized carbons (Fsp3) is 0.367. The summed E-state index contributed by atoms with van der Waals surface area (Å²) in [4.78, 5) is 41.1.